The quantitative estimate of drug-likeness (QED) is 0.836. The number of benzene rings is 1. The Morgan fingerprint density at radius 2 is 2.06 bits per heavy atom. The van der Waals surface area contributed by atoms with Crippen LogP contribution < -0.4 is 10.1 Å². The third-order valence-corrected chi connectivity index (χ3v) is 3.42. The number of carbonyl (C=O) groups is 2. The van der Waals surface area contributed by atoms with E-state index in [-0.39, 0.29) is 0 Å². The number of nitrogens with one attached hydrogen (secondary N) is 1. The molecule has 0 radical (unpaired) electrons. The lowest BCUT2D eigenvalue weighted by Crippen LogP contribution is -2.31. The molecule has 5 nitrogen and oxygen atoms in total. The lowest BCUT2D eigenvalue weighted by Gasteiger charge is -2.12. The molecule has 2 rings (SSSR count). The van der Waals surface area contributed by atoms with E-state index in [1.807, 2.05) is 0 Å². The highest BCUT2D eigenvalue weighted by Crippen LogP contribution is 2.46. The van der Waals surface area contributed by atoms with Gasteiger partial charge >= 0.3 is 5.97 Å². The monoisotopic (exact) mass is 313 g/mol. The lowest BCUT2D eigenvalue weighted by atomic mass is 10.1. The number of halogens is 1. The van der Waals surface area contributed by atoms with Crippen LogP contribution in [0.3, 0.4) is 0 Å². The molecule has 1 saturated carbocycles. The Bertz CT molecular complexity index is 511. The molecule has 1 aromatic rings. The number of hydrogen-bond donors (Lipinski definition) is 2. The van der Waals surface area contributed by atoms with E-state index >= 15 is 0 Å². The number of ether oxygens (including phenoxy) is 1. The van der Waals surface area contributed by atoms with Crippen molar-refractivity contribution in [1.82, 2.24) is 0 Å². The average Bonchev–Trinajstić information content (AvgIpc) is 3.09. The molecule has 6 heteroatoms. The number of carboxylic acids is 1. The fraction of sp³-hybridized carbons (Fsp3) is 0.333. The molecule has 0 unspecified atom stereocenters. The number of aliphatic carboxylic acids is 1. The highest BCUT2D eigenvalue weighted by molar-refractivity contribution is 9.10. The summed E-state index contributed by atoms with van der Waals surface area (Å²) in [4.78, 5) is 22.9. The van der Waals surface area contributed by atoms with Gasteiger partial charge in [0.15, 0.2) is 0 Å². The van der Waals surface area contributed by atoms with Gasteiger partial charge in [0.05, 0.1) is 7.11 Å². The maximum atomic E-state index is 11.9. The molecule has 2 N–H and O–H groups in total. The minimum Gasteiger partial charge on any atom is -0.497 e. The fourth-order valence-electron chi connectivity index (χ4n) is 1.67. The van der Waals surface area contributed by atoms with Crippen molar-refractivity contribution in [3.8, 4) is 5.75 Å². The van der Waals surface area contributed by atoms with Gasteiger partial charge in [-0.2, -0.15) is 0 Å². The molecule has 0 bridgehead atoms. The van der Waals surface area contributed by atoms with Crippen molar-refractivity contribution >= 4 is 33.5 Å². The molecule has 1 fully saturated rings. The summed E-state index contributed by atoms with van der Waals surface area (Å²) in [5.41, 5.74) is -0.728. The largest absolute Gasteiger partial charge is 0.497 e. The van der Waals surface area contributed by atoms with Crippen LogP contribution in [-0.4, -0.2) is 24.1 Å². The van der Waals surface area contributed by atoms with E-state index in [9.17, 15) is 9.59 Å². The first kappa shape index (κ1) is 12.9. The normalized spacial score (nSPS) is 15.9. The Morgan fingerprint density at radius 3 is 2.56 bits per heavy atom. The van der Waals surface area contributed by atoms with Gasteiger partial charge < -0.3 is 15.2 Å². The minimum absolute atomic E-state index is 0.388. The lowest BCUT2D eigenvalue weighted by molar-refractivity contribution is -0.147. The van der Waals surface area contributed by atoms with Crippen LogP contribution in [0.15, 0.2) is 22.7 Å². The van der Waals surface area contributed by atoms with Gasteiger partial charge in [-0.1, -0.05) is 15.9 Å². The Labute approximate surface area is 112 Å². The maximum absolute atomic E-state index is 11.9. The van der Waals surface area contributed by atoms with Crippen molar-refractivity contribution < 1.29 is 19.4 Å². The summed E-state index contributed by atoms with van der Waals surface area (Å²) >= 11 is 3.29. The summed E-state index contributed by atoms with van der Waals surface area (Å²) in [6.45, 7) is 0. The van der Waals surface area contributed by atoms with Crippen LogP contribution in [-0.2, 0) is 9.59 Å². The fourth-order valence-corrected chi connectivity index (χ4v) is 2.14. The van der Waals surface area contributed by atoms with E-state index in [0.717, 1.165) is 4.47 Å². The van der Waals surface area contributed by atoms with E-state index in [1.165, 1.54) is 7.11 Å². The van der Waals surface area contributed by atoms with Gasteiger partial charge in [-0.3, -0.25) is 9.59 Å². The standard InChI is InChI=1S/C12H12BrNO4/c1-18-9-5-7(13)4-8(6-9)14-10(15)12(2-3-12)11(16)17/h4-6H,2-3H2,1H3,(H,14,15)(H,16,17). The molecule has 0 aliphatic heterocycles. The molecular formula is C12H12BrNO4. The molecule has 96 valence electrons. The molecule has 0 heterocycles. The topological polar surface area (TPSA) is 75.6 Å². The molecule has 0 aromatic heterocycles. The summed E-state index contributed by atoms with van der Waals surface area (Å²) in [5, 5.41) is 11.6. The Morgan fingerprint density at radius 1 is 1.39 bits per heavy atom. The second-order valence-electron chi connectivity index (χ2n) is 4.22. The highest BCUT2D eigenvalue weighted by atomic mass is 79.9. The van der Waals surface area contributed by atoms with Crippen LogP contribution in [0, 0.1) is 5.41 Å². The van der Waals surface area contributed by atoms with Gasteiger partial charge in [-0.25, -0.2) is 0 Å². The van der Waals surface area contributed by atoms with E-state index in [2.05, 4.69) is 21.2 Å². The summed E-state index contributed by atoms with van der Waals surface area (Å²) in [6, 6.07) is 5.08. The van der Waals surface area contributed by atoms with Crippen LogP contribution in [0.1, 0.15) is 12.8 Å². The number of hydrogen-bond acceptors (Lipinski definition) is 3. The first-order valence-corrected chi connectivity index (χ1v) is 6.17. The Hall–Kier alpha value is -1.56. The molecule has 1 aliphatic rings. The predicted molar refractivity (Wildman–Crippen MR) is 68.6 cm³/mol. The summed E-state index contributed by atoms with van der Waals surface area (Å²) in [6.07, 6.45) is 0.776. The zero-order valence-corrected chi connectivity index (χ0v) is 11.3. The molecule has 18 heavy (non-hydrogen) atoms. The molecule has 0 atom stereocenters. The molecule has 1 aromatic carbocycles. The second kappa shape index (κ2) is 4.61. The number of amides is 1. The van der Waals surface area contributed by atoms with Gasteiger partial charge in [0, 0.05) is 16.2 Å². The second-order valence-corrected chi connectivity index (χ2v) is 5.14. The molecule has 1 aliphatic carbocycles. The van der Waals surface area contributed by atoms with E-state index in [0.29, 0.717) is 24.3 Å². The van der Waals surface area contributed by atoms with Crippen LogP contribution in [0.5, 0.6) is 5.75 Å². The van der Waals surface area contributed by atoms with E-state index < -0.39 is 17.3 Å². The number of carboxylic acid groups (broad SMARTS) is 1. The van der Waals surface area contributed by atoms with Gasteiger partial charge in [-0.15, -0.1) is 0 Å². The first-order valence-electron chi connectivity index (χ1n) is 5.37. The molecule has 0 saturated heterocycles. The number of rotatable bonds is 4. The number of anilines is 1. The molecule has 0 spiro atoms. The van der Waals surface area contributed by atoms with Gasteiger partial charge in [0.2, 0.25) is 5.91 Å². The molecule has 1 amide bonds. The van der Waals surface area contributed by atoms with Crippen LogP contribution in [0.4, 0.5) is 5.69 Å². The van der Waals surface area contributed by atoms with Gasteiger partial charge in [0.1, 0.15) is 11.2 Å². The summed E-state index contributed by atoms with van der Waals surface area (Å²) in [7, 11) is 1.52. The van der Waals surface area contributed by atoms with Crippen molar-refractivity contribution in [3.63, 3.8) is 0 Å². The molecular weight excluding hydrogens is 302 g/mol. The Kier molecular flexibility index (Phi) is 3.30. The Balaban J connectivity index is 2.17. The van der Waals surface area contributed by atoms with Crippen molar-refractivity contribution in [2.45, 2.75) is 12.8 Å². The number of carbonyl (C=O) groups excluding carboxylic acids is 1. The smallest absolute Gasteiger partial charge is 0.319 e. The van der Waals surface area contributed by atoms with Crippen LogP contribution >= 0.6 is 15.9 Å². The maximum Gasteiger partial charge on any atom is 0.319 e. The predicted octanol–water partition coefficient (Wildman–Crippen LogP) is 2.26. The third-order valence-electron chi connectivity index (χ3n) is 2.96. The van der Waals surface area contributed by atoms with Crippen LogP contribution in [0.25, 0.3) is 0 Å². The first-order chi connectivity index (χ1) is 8.48. The zero-order chi connectivity index (χ0) is 13.3. The van der Waals surface area contributed by atoms with Crippen molar-refractivity contribution in [1.29, 1.82) is 0 Å². The van der Waals surface area contributed by atoms with Gasteiger partial charge in [0.25, 0.3) is 0 Å². The summed E-state index contributed by atoms with van der Waals surface area (Å²) in [5.74, 6) is -0.961. The van der Waals surface area contributed by atoms with E-state index in [1.54, 1.807) is 18.2 Å². The van der Waals surface area contributed by atoms with Crippen molar-refractivity contribution in [2.75, 3.05) is 12.4 Å². The highest BCUT2D eigenvalue weighted by Gasteiger charge is 2.57. The number of methoxy groups -OCH3 is 1. The van der Waals surface area contributed by atoms with Crippen molar-refractivity contribution in [3.05, 3.63) is 22.7 Å². The minimum atomic E-state index is -1.24. The zero-order valence-electron chi connectivity index (χ0n) is 9.70. The van der Waals surface area contributed by atoms with E-state index in [4.69, 9.17) is 9.84 Å². The van der Waals surface area contributed by atoms with Crippen LogP contribution in [0.2, 0.25) is 0 Å². The third kappa shape index (κ3) is 2.33. The summed E-state index contributed by atoms with van der Waals surface area (Å²) < 4.78 is 5.82. The SMILES string of the molecule is COc1cc(Br)cc(NC(=O)C2(C(=O)O)CC2)c1. The van der Waals surface area contributed by atoms with Gasteiger partial charge in [-0.05, 0) is 25.0 Å². The van der Waals surface area contributed by atoms with Crippen molar-refractivity contribution in [2.24, 2.45) is 5.41 Å². The average molecular weight is 314 g/mol.